The Hall–Kier alpha value is -3.27. The Balaban J connectivity index is 1.03. The van der Waals surface area contributed by atoms with Crippen LogP contribution in [0.5, 0.6) is 11.5 Å². The number of ether oxygens (including phenoxy) is 2. The van der Waals surface area contributed by atoms with E-state index in [2.05, 4.69) is 12.1 Å². The molecule has 0 atom stereocenters. The summed E-state index contributed by atoms with van der Waals surface area (Å²) in [5.41, 5.74) is 2.74. The van der Waals surface area contributed by atoms with Crippen molar-refractivity contribution in [1.29, 1.82) is 0 Å². The minimum atomic E-state index is -0.0761. The van der Waals surface area contributed by atoms with Crippen LogP contribution in [0.3, 0.4) is 0 Å². The molecule has 0 bridgehead atoms. The second-order valence-corrected chi connectivity index (χ2v) is 11.8. The molecule has 3 aliphatic rings. The maximum atomic E-state index is 13.3. The van der Waals surface area contributed by atoms with Gasteiger partial charge in [-0.05, 0) is 60.9 Å². The number of hydrogen-bond acceptors (Lipinski definition) is 7. The predicted octanol–water partition coefficient (Wildman–Crippen LogP) is 7.01. The van der Waals surface area contributed by atoms with E-state index in [0.717, 1.165) is 46.0 Å². The minimum Gasteiger partial charge on any atom is -0.454 e. The topological polar surface area (TPSA) is 59.1 Å². The highest BCUT2D eigenvalue weighted by atomic mass is 32.2. The van der Waals surface area contributed by atoms with E-state index < -0.39 is 0 Å². The summed E-state index contributed by atoms with van der Waals surface area (Å²) in [6, 6.07) is 21.7. The van der Waals surface area contributed by atoms with Crippen LogP contribution in [-0.2, 0) is 9.59 Å². The lowest BCUT2D eigenvalue weighted by Crippen LogP contribution is -2.29. The number of hydrogen-bond donors (Lipinski definition) is 0. The molecule has 6 nitrogen and oxygen atoms in total. The first-order valence-electron chi connectivity index (χ1n) is 12.4. The van der Waals surface area contributed by atoms with Gasteiger partial charge < -0.3 is 9.47 Å². The highest BCUT2D eigenvalue weighted by Crippen LogP contribution is 2.48. The quantitative estimate of drug-likeness (QED) is 0.175. The van der Waals surface area contributed by atoms with E-state index in [1.54, 1.807) is 16.7 Å². The number of rotatable bonds is 7. The van der Waals surface area contributed by atoms with Gasteiger partial charge in [-0.1, -0.05) is 72.5 Å². The first-order valence-corrected chi connectivity index (χ1v) is 14.5. The lowest BCUT2D eigenvalue weighted by Gasteiger charge is -2.31. The number of para-hydroxylation sites is 2. The Morgan fingerprint density at radius 3 is 2.37 bits per heavy atom. The maximum Gasteiger partial charge on any atom is 0.266 e. The first-order chi connectivity index (χ1) is 18.6. The molecule has 2 amide bonds. The van der Waals surface area contributed by atoms with Gasteiger partial charge >= 0.3 is 0 Å². The molecule has 3 aliphatic heterocycles. The molecule has 0 spiro atoms. The van der Waals surface area contributed by atoms with Crippen LogP contribution in [0.25, 0.3) is 6.08 Å². The minimum absolute atomic E-state index is 0.0761. The molecule has 3 aromatic rings. The molecular weight excluding hydrogens is 537 g/mol. The molecule has 1 fully saturated rings. The van der Waals surface area contributed by atoms with Crippen molar-refractivity contribution in [1.82, 2.24) is 4.90 Å². The molecule has 1 saturated heterocycles. The Morgan fingerprint density at radius 1 is 0.895 bits per heavy atom. The number of thioether (sulfide) groups is 1. The van der Waals surface area contributed by atoms with Crippen LogP contribution in [0, 0.1) is 0 Å². The molecular formula is C29H24N2O4S3. The van der Waals surface area contributed by atoms with Gasteiger partial charge in [0.25, 0.3) is 5.91 Å². The Morgan fingerprint density at radius 2 is 1.61 bits per heavy atom. The molecule has 192 valence electrons. The fraction of sp³-hybridized carbons (Fsp3) is 0.207. The van der Waals surface area contributed by atoms with Crippen molar-refractivity contribution in [2.45, 2.75) is 35.5 Å². The van der Waals surface area contributed by atoms with Crippen LogP contribution >= 0.6 is 35.7 Å². The number of anilines is 2. The molecule has 0 radical (unpaired) electrons. The van der Waals surface area contributed by atoms with Crippen LogP contribution in [-0.4, -0.2) is 34.4 Å². The summed E-state index contributed by atoms with van der Waals surface area (Å²) in [7, 11) is 0. The summed E-state index contributed by atoms with van der Waals surface area (Å²) >= 11 is 8.50. The van der Waals surface area contributed by atoms with Crippen molar-refractivity contribution in [3.8, 4) is 11.5 Å². The van der Waals surface area contributed by atoms with E-state index in [0.29, 0.717) is 33.7 Å². The van der Waals surface area contributed by atoms with Crippen LogP contribution < -0.4 is 14.4 Å². The number of carbonyl (C=O) groups excluding carboxylic acids is 2. The van der Waals surface area contributed by atoms with Crippen LogP contribution in [0.1, 0.15) is 31.2 Å². The number of unbranched alkanes of at least 4 members (excludes halogenated alkanes) is 2. The lowest BCUT2D eigenvalue weighted by molar-refractivity contribution is -0.122. The zero-order chi connectivity index (χ0) is 26.1. The monoisotopic (exact) mass is 560 g/mol. The summed E-state index contributed by atoms with van der Waals surface area (Å²) < 4.78 is 11.4. The smallest absolute Gasteiger partial charge is 0.266 e. The standard InChI is InChI=1S/C29H24N2O4S3/c32-27(31-20-8-3-5-10-24(20)37-25-11-6-4-9-21(25)31)12-2-1-7-15-30-28(33)26(38-29(30)36)17-19-13-14-22-23(16-19)35-18-34-22/h3-6,8-11,13-14,16-17H,1-2,7,12,15,18H2/b26-17-. The number of amides is 2. The van der Waals surface area contributed by atoms with Crippen molar-refractivity contribution < 1.29 is 19.1 Å². The summed E-state index contributed by atoms with van der Waals surface area (Å²) in [5.74, 6) is 1.40. The number of thiocarbonyl (C=S) groups is 1. The molecule has 0 aliphatic carbocycles. The SMILES string of the molecule is O=C1/C(=C/c2ccc3c(c2)OCO3)SC(=S)N1CCCCCC(=O)N1c2ccccc2Sc2ccccc21. The molecule has 6 rings (SSSR count). The second kappa shape index (κ2) is 10.8. The van der Waals surface area contributed by atoms with Crippen molar-refractivity contribution in [2.75, 3.05) is 18.2 Å². The summed E-state index contributed by atoms with van der Waals surface area (Å²) in [6.45, 7) is 0.757. The van der Waals surface area contributed by atoms with Gasteiger partial charge in [-0.25, -0.2) is 0 Å². The zero-order valence-electron chi connectivity index (χ0n) is 20.4. The van der Waals surface area contributed by atoms with Gasteiger partial charge in [-0.15, -0.1) is 0 Å². The van der Waals surface area contributed by atoms with Crippen molar-refractivity contribution in [2.24, 2.45) is 0 Å². The molecule has 3 heterocycles. The largest absolute Gasteiger partial charge is 0.454 e. The van der Waals surface area contributed by atoms with E-state index in [1.165, 1.54) is 11.8 Å². The molecule has 0 unspecified atom stereocenters. The average Bonchev–Trinajstić information content (AvgIpc) is 3.50. The average molecular weight is 561 g/mol. The Kier molecular flexibility index (Phi) is 7.14. The molecule has 3 aromatic carbocycles. The molecule has 38 heavy (non-hydrogen) atoms. The van der Waals surface area contributed by atoms with Gasteiger partial charge in [-0.3, -0.25) is 19.4 Å². The van der Waals surface area contributed by atoms with Gasteiger partial charge in [0.2, 0.25) is 12.7 Å². The van der Waals surface area contributed by atoms with Crippen molar-refractivity contribution in [3.63, 3.8) is 0 Å². The van der Waals surface area contributed by atoms with E-state index >= 15 is 0 Å². The first kappa shape index (κ1) is 25.0. The Labute approximate surface area is 235 Å². The maximum absolute atomic E-state index is 13.3. The van der Waals surface area contributed by atoms with Crippen LogP contribution in [0.4, 0.5) is 11.4 Å². The predicted molar refractivity (Wildman–Crippen MR) is 155 cm³/mol. The van der Waals surface area contributed by atoms with Crippen molar-refractivity contribution >= 4 is 69.3 Å². The molecule has 0 saturated carbocycles. The normalized spacial score (nSPS) is 16.7. The fourth-order valence-electron chi connectivity index (χ4n) is 4.66. The van der Waals surface area contributed by atoms with Gasteiger partial charge in [0, 0.05) is 22.8 Å². The van der Waals surface area contributed by atoms with E-state index in [-0.39, 0.29) is 18.6 Å². The van der Waals surface area contributed by atoms with Crippen LogP contribution in [0.2, 0.25) is 0 Å². The van der Waals surface area contributed by atoms with E-state index in [1.807, 2.05) is 65.6 Å². The number of benzene rings is 3. The lowest BCUT2D eigenvalue weighted by atomic mass is 10.1. The molecule has 0 aromatic heterocycles. The molecule has 9 heteroatoms. The third kappa shape index (κ3) is 4.93. The highest BCUT2D eigenvalue weighted by Gasteiger charge is 2.32. The third-order valence-corrected chi connectivity index (χ3v) is 9.03. The van der Waals surface area contributed by atoms with Crippen molar-refractivity contribution in [3.05, 3.63) is 77.2 Å². The Bertz CT molecular complexity index is 1430. The summed E-state index contributed by atoms with van der Waals surface area (Å²) in [4.78, 5) is 32.6. The van der Waals surface area contributed by atoms with E-state index in [4.69, 9.17) is 21.7 Å². The van der Waals surface area contributed by atoms with Gasteiger partial charge in [0.15, 0.2) is 11.5 Å². The van der Waals surface area contributed by atoms with Gasteiger partial charge in [-0.2, -0.15) is 0 Å². The van der Waals surface area contributed by atoms with Crippen LogP contribution in [0.15, 0.2) is 81.4 Å². The summed E-state index contributed by atoms with van der Waals surface area (Å²) in [5, 5.41) is 0. The zero-order valence-corrected chi connectivity index (χ0v) is 22.9. The third-order valence-electron chi connectivity index (χ3n) is 6.52. The number of nitrogens with zero attached hydrogens (tertiary/aromatic N) is 2. The summed E-state index contributed by atoms with van der Waals surface area (Å²) in [6.07, 6.45) is 4.63. The highest BCUT2D eigenvalue weighted by molar-refractivity contribution is 8.26. The van der Waals surface area contributed by atoms with Gasteiger partial charge in [0.1, 0.15) is 4.32 Å². The number of fused-ring (bicyclic) bond motifs is 3. The van der Waals surface area contributed by atoms with Gasteiger partial charge in [0.05, 0.1) is 16.3 Å². The molecule has 0 N–H and O–H groups in total. The van der Waals surface area contributed by atoms with E-state index in [9.17, 15) is 9.59 Å². The second-order valence-electron chi connectivity index (χ2n) is 9.02. The number of carbonyl (C=O) groups is 2. The fourth-order valence-corrected chi connectivity index (χ4v) is 7.02.